The number of anilines is 18. The summed E-state index contributed by atoms with van der Waals surface area (Å²) in [6.45, 7) is 0. The van der Waals surface area contributed by atoms with Gasteiger partial charge in [0.1, 0.15) is 0 Å². The van der Waals surface area contributed by atoms with Gasteiger partial charge in [-0.05, 0) is 335 Å². The van der Waals surface area contributed by atoms with Crippen molar-refractivity contribution < 1.29 is 9.47 Å². The number of benzene rings is 23. The normalized spacial score (nSPS) is 12.4. The third-order valence-electron chi connectivity index (χ3n) is 28.5. The molecule has 0 unspecified atom stereocenters. The van der Waals surface area contributed by atoms with Gasteiger partial charge in [0, 0.05) is 76.5 Å². The molecule has 10 heteroatoms. The fourth-order valence-electron chi connectivity index (χ4n) is 21.0. The minimum absolute atomic E-state index is 0.837. The van der Waals surface area contributed by atoms with Gasteiger partial charge in [-0.1, -0.05) is 345 Å². The van der Waals surface area contributed by atoms with Crippen LogP contribution in [0.2, 0.25) is 0 Å². The molecule has 4 aliphatic rings. The van der Waals surface area contributed by atoms with E-state index in [1.807, 2.05) is 72.1 Å². The molecule has 8 nitrogen and oxygen atoms in total. The van der Waals surface area contributed by atoms with Gasteiger partial charge in [0.15, 0.2) is 23.0 Å². The van der Waals surface area contributed by atoms with Crippen molar-refractivity contribution >= 4 is 137 Å². The molecule has 0 amide bonds. The van der Waals surface area contributed by atoms with Gasteiger partial charge in [0.25, 0.3) is 0 Å². The molecule has 0 atom stereocenters. The van der Waals surface area contributed by atoms with Gasteiger partial charge < -0.3 is 38.9 Å². The third-order valence-corrected chi connectivity index (χ3v) is 30.7. The lowest BCUT2D eigenvalue weighted by Gasteiger charge is -2.33. The highest BCUT2D eigenvalue weighted by atomic mass is 32.2. The SMILES string of the molecule is c1ccc(N(c2ccc(-c3ccc(-c4ccc(N5c6ccccc6Sc6ccccc65)cc4)cc3)cc2)c2ccc(-c3ccc(-c4ccc(N5c6ccccc6Sc6cc(-c7ccc8cc(N(c9ccc(-c%10ccc(-c%11ccc(N%12c%13ccccc%13Oc%13ccccc%13%12)cc%11)cc%10)cc9)c9ccc(-c%10ccc(-c%11ccc(N%12c%13ccccc%13Oc%13ccccc%13%12)cc%11)cc%10)cc9)ccc8c7)ccc65)cc4)cc3)cc2)cc1. The zero-order chi connectivity index (χ0) is 96.5. The van der Waals surface area contributed by atoms with E-state index >= 15 is 0 Å². The van der Waals surface area contributed by atoms with Gasteiger partial charge in [-0.3, -0.25) is 0 Å². The molecular weight excluding hydrogens is 1810 g/mol. The summed E-state index contributed by atoms with van der Waals surface area (Å²) in [5.41, 5.74) is 40.4. The summed E-state index contributed by atoms with van der Waals surface area (Å²) in [5.74, 6) is 3.35. The second-order valence-corrected chi connectivity index (χ2v) is 39.3. The van der Waals surface area contributed by atoms with Crippen LogP contribution in [0.3, 0.4) is 0 Å². The summed E-state index contributed by atoms with van der Waals surface area (Å²) in [5, 5.41) is 2.31. The van der Waals surface area contributed by atoms with Crippen molar-refractivity contribution in [1.29, 1.82) is 0 Å². The Hall–Kier alpha value is -18.6. The molecule has 0 N–H and O–H groups in total. The van der Waals surface area contributed by atoms with Crippen molar-refractivity contribution in [3.05, 3.63) is 546 Å². The molecule has 0 fully saturated rings. The Kier molecular flexibility index (Phi) is 22.0. The van der Waals surface area contributed by atoms with Crippen LogP contribution in [0.4, 0.5) is 102 Å². The molecular formula is C136H90N6O2S2. The smallest absolute Gasteiger partial charge is 0.151 e. The van der Waals surface area contributed by atoms with Crippen LogP contribution in [-0.2, 0) is 0 Å². The van der Waals surface area contributed by atoms with Crippen LogP contribution in [0.1, 0.15) is 0 Å². The Labute approximate surface area is 857 Å². The number of ether oxygens (including phenoxy) is 2. The Bertz CT molecular complexity index is 8500. The van der Waals surface area contributed by atoms with Crippen LogP contribution in [0.15, 0.2) is 566 Å². The number of para-hydroxylation sites is 12. The fourth-order valence-corrected chi connectivity index (χ4v) is 23.2. The number of fused-ring (bicyclic) bond motifs is 9. The summed E-state index contributed by atoms with van der Waals surface area (Å²) in [6.07, 6.45) is 0. The summed E-state index contributed by atoms with van der Waals surface area (Å²) in [7, 11) is 0. The van der Waals surface area contributed by atoms with Crippen molar-refractivity contribution in [2.75, 3.05) is 29.4 Å². The molecule has 23 aromatic rings. The quantitative estimate of drug-likeness (QED) is 0.0782. The van der Waals surface area contributed by atoms with E-state index in [2.05, 4.69) is 527 Å². The van der Waals surface area contributed by atoms with E-state index in [1.165, 1.54) is 47.6 Å². The van der Waals surface area contributed by atoms with Crippen LogP contribution < -0.4 is 38.9 Å². The minimum Gasteiger partial charge on any atom is -0.453 e. The summed E-state index contributed by atoms with van der Waals surface area (Å²) in [6, 6.07) is 198. The molecule has 146 heavy (non-hydrogen) atoms. The van der Waals surface area contributed by atoms with Gasteiger partial charge in [0.05, 0.1) is 45.5 Å². The van der Waals surface area contributed by atoms with Crippen LogP contribution in [-0.4, -0.2) is 0 Å². The minimum atomic E-state index is 0.837. The van der Waals surface area contributed by atoms with Gasteiger partial charge >= 0.3 is 0 Å². The lowest BCUT2D eigenvalue weighted by atomic mass is 9.98. The summed E-state index contributed by atoms with van der Waals surface area (Å²) >= 11 is 3.67. The first kappa shape index (κ1) is 86.5. The number of hydrogen-bond acceptors (Lipinski definition) is 10. The van der Waals surface area contributed by atoms with E-state index < -0.39 is 0 Å². The van der Waals surface area contributed by atoms with Gasteiger partial charge in [0.2, 0.25) is 0 Å². The second kappa shape index (κ2) is 37.1. The fraction of sp³-hybridized carbons (Fsp3) is 0. The molecule has 4 aliphatic heterocycles. The first-order chi connectivity index (χ1) is 72.3. The number of hydrogen-bond donors (Lipinski definition) is 0. The van der Waals surface area contributed by atoms with E-state index in [1.54, 1.807) is 0 Å². The average molecular weight is 1900 g/mol. The Morgan fingerprint density at radius 3 is 0.651 bits per heavy atom. The highest BCUT2D eigenvalue weighted by Gasteiger charge is 2.32. The average Bonchev–Trinajstić information content (AvgIpc) is 0.780. The van der Waals surface area contributed by atoms with Crippen molar-refractivity contribution in [3.63, 3.8) is 0 Å². The maximum absolute atomic E-state index is 6.33. The van der Waals surface area contributed by atoms with Crippen LogP contribution in [0, 0.1) is 0 Å². The van der Waals surface area contributed by atoms with Crippen LogP contribution >= 0.6 is 23.5 Å². The van der Waals surface area contributed by atoms with Gasteiger partial charge in [-0.15, -0.1) is 0 Å². The highest BCUT2D eigenvalue weighted by molar-refractivity contribution is 8.00. The van der Waals surface area contributed by atoms with Crippen molar-refractivity contribution in [2.24, 2.45) is 0 Å². The Morgan fingerprint density at radius 2 is 0.336 bits per heavy atom. The standard InChI is InChI=1S/C136H90N6O2S2/c1-2-18-111(19-3-1)137(112-70-52-99(53-71-112)91-34-46-97(47-35-91)105-64-82-118(83-65-105)141-125-24-8-15-31-133(125)145-134-32-16-9-25-126(134)141)113-72-54-100(55-73-113)92-36-48-98(49-37-92)106-66-84-119(85-67-106)142-127-26-10-17-33-135(127)146-136-90-110(69-87-128(136)142)107-50-51-109-89-120(86-68-108(109)88-107)138(114-74-56-101(57-75-114)93-38-42-95(43-39-93)103-60-78-116(79-61-103)139-121-20-4-11-27-129(121)143-130-28-12-5-21-122(130)139)115-76-58-102(59-77-115)94-40-44-96(45-41-94)104-62-80-117(81-63-104)140-123-22-6-13-29-131(123)144-132-30-14-7-23-124(132)140/h1-90H. The van der Waals surface area contributed by atoms with E-state index in [4.69, 9.17) is 9.47 Å². The molecule has 0 radical (unpaired) electrons. The lowest BCUT2D eigenvalue weighted by Crippen LogP contribution is -2.15. The first-order valence-corrected chi connectivity index (χ1v) is 51.1. The van der Waals surface area contributed by atoms with Gasteiger partial charge in [-0.25, -0.2) is 0 Å². The topological polar surface area (TPSA) is 37.9 Å². The number of rotatable bonds is 19. The zero-order valence-corrected chi connectivity index (χ0v) is 80.9. The first-order valence-electron chi connectivity index (χ1n) is 49.4. The zero-order valence-electron chi connectivity index (χ0n) is 79.3. The molecule has 23 aromatic carbocycles. The monoisotopic (exact) mass is 1900 g/mol. The predicted octanol–water partition coefficient (Wildman–Crippen LogP) is 39.8. The van der Waals surface area contributed by atoms with E-state index in [9.17, 15) is 0 Å². The predicted molar refractivity (Wildman–Crippen MR) is 609 cm³/mol. The van der Waals surface area contributed by atoms with Crippen LogP contribution in [0.25, 0.3) is 111 Å². The number of nitrogens with zero attached hydrogens (tertiary/aromatic N) is 6. The summed E-state index contributed by atoms with van der Waals surface area (Å²) < 4.78 is 12.7. The molecule has 0 saturated carbocycles. The molecule has 0 aromatic heterocycles. The van der Waals surface area contributed by atoms with Crippen molar-refractivity contribution in [3.8, 4) is 123 Å². The van der Waals surface area contributed by atoms with Crippen molar-refractivity contribution in [1.82, 2.24) is 0 Å². The molecule has 0 spiro atoms. The Morgan fingerprint density at radius 1 is 0.137 bits per heavy atom. The van der Waals surface area contributed by atoms with Crippen molar-refractivity contribution in [2.45, 2.75) is 19.6 Å². The molecule has 0 bridgehead atoms. The highest BCUT2D eigenvalue weighted by Crippen LogP contribution is 2.58. The molecule has 688 valence electrons. The van der Waals surface area contributed by atoms with E-state index in [0.29, 0.717) is 0 Å². The molecule has 4 heterocycles. The molecule has 0 aliphatic carbocycles. The largest absolute Gasteiger partial charge is 0.453 e. The molecule has 27 rings (SSSR count). The second-order valence-electron chi connectivity index (χ2n) is 37.1. The summed E-state index contributed by atoms with van der Waals surface area (Å²) in [4.78, 5) is 19.0. The third kappa shape index (κ3) is 16.3. The molecule has 0 saturated heterocycles. The van der Waals surface area contributed by atoms with E-state index in [-0.39, 0.29) is 0 Å². The Balaban J connectivity index is 0.429. The lowest BCUT2D eigenvalue weighted by molar-refractivity contribution is 0.477. The van der Waals surface area contributed by atoms with Crippen LogP contribution in [0.5, 0.6) is 23.0 Å². The van der Waals surface area contributed by atoms with E-state index in [0.717, 1.165) is 208 Å². The maximum atomic E-state index is 6.33. The van der Waals surface area contributed by atoms with Gasteiger partial charge in [-0.2, -0.15) is 0 Å². The maximum Gasteiger partial charge on any atom is 0.151 e.